The number of hydrogen-bond donors (Lipinski definition) is 1. The molecule has 2 heterocycles. The predicted molar refractivity (Wildman–Crippen MR) is 111 cm³/mol. The molecule has 0 saturated carbocycles. The van der Waals surface area contributed by atoms with Crippen LogP contribution in [-0.2, 0) is 13.1 Å². The highest BCUT2D eigenvalue weighted by Gasteiger charge is 2.20. The molecule has 3 rings (SSSR count). The quantitative estimate of drug-likeness (QED) is 0.673. The van der Waals surface area contributed by atoms with Gasteiger partial charge in [-0.25, -0.2) is 0 Å². The van der Waals surface area contributed by atoms with E-state index in [2.05, 4.69) is 15.3 Å². The minimum atomic E-state index is -0.294. The van der Waals surface area contributed by atoms with Crippen molar-refractivity contribution in [1.82, 2.24) is 20.2 Å². The van der Waals surface area contributed by atoms with Crippen LogP contribution in [-0.4, -0.2) is 32.7 Å². The first-order valence-electron chi connectivity index (χ1n) is 9.52. The fraction of sp³-hybridized carbons (Fsp3) is 0.217. The van der Waals surface area contributed by atoms with Crippen molar-refractivity contribution in [3.8, 4) is 0 Å². The van der Waals surface area contributed by atoms with Gasteiger partial charge in [-0.3, -0.25) is 19.6 Å². The summed E-state index contributed by atoms with van der Waals surface area (Å²) in [6.07, 6.45) is 4.63. The fourth-order valence-corrected chi connectivity index (χ4v) is 2.89. The lowest BCUT2D eigenvalue weighted by atomic mass is 10.1. The molecule has 0 unspecified atom stereocenters. The molecular formula is C23H24N4O2. The normalized spacial score (nSPS) is 10.6. The molecule has 6 heteroatoms. The third kappa shape index (κ3) is 5.48. The summed E-state index contributed by atoms with van der Waals surface area (Å²) in [4.78, 5) is 35.6. The Bertz CT molecular complexity index is 959. The molecule has 0 bridgehead atoms. The third-order valence-electron chi connectivity index (χ3n) is 4.48. The summed E-state index contributed by atoms with van der Waals surface area (Å²) >= 11 is 0. The van der Waals surface area contributed by atoms with Crippen LogP contribution in [0.1, 0.15) is 45.8 Å². The Morgan fingerprint density at radius 1 is 1.00 bits per heavy atom. The Balaban J connectivity index is 1.72. The Morgan fingerprint density at radius 2 is 1.72 bits per heavy atom. The molecule has 29 heavy (non-hydrogen) atoms. The van der Waals surface area contributed by atoms with Gasteiger partial charge in [0.15, 0.2) is 0 Å². The molecule has 0 radical (unpaired) electrons. The maximum atomic E-state index is 13.1. The number of pyridine rings is 2. The van der Waals surface area contributed by atoms with Gasteiger partial charge in [0.25, 0.3) is 11.8 Å². The van der Waals surface area contributed by atoms with Crippen LogP contribution in [0.25, 0.3) is 0 Å². The second-order valence-electron chi connectivity index (χ2n) is 6.98. The van der Waals surface area contributed by atoms with Gasteiger partial charge in [-0.05, 0) is 37.6 Å². The van der Waals surface area contributed by atoms with E-state index in [1.807, 2.05) is 62.4 Å². The highest BCUT2D eigenvalue weighted by molar-refractivity contribution is 5.99. The standard InChI is InChI=1S/C23H24N4O2/c1-17(2)27(16-18-8-4-3-5-9-18)23(29)20-12-19(13-24-14-20)22(28)26-15-21-10-6-7-11-25-21/h3-14,17H,15-16H2,1-2H3,(H,26,28). The average molecular weight is 388 g/mol. The molecule has 2 aromatic heterocycles. The van der Waals surface area contributed by atoms with E-state index in [1.165, 1.54) is 12.4 Å². The first kappa shape index (κ1) is 20.2. The molecule has 0 aliphatic heterocycles. The minimum Gasteiger partial charge on any atom is -0.346 e. The summed E-state index contributed by atoms with van der Waals surface area (Å²) in [7, 11) is 0. The number of aromatic nitrogens is 2. The molecular weight excluding hydrogens is 364 g/mol. The monoisotopic (exact) mass is 388 g/mol. The van der Waals surface area contributed by atoms with Gasteiger partial charge in [-0.15, -0.1) is 0 Å². The van der Waals surface area contributed by atoms with Gasteiger partial charge in [-0.1, -0.05) is 36.4 Å². The molecule has 1 N–H and O–H groups in total. The number of carbonyl (C=O) groups is 2. The maximum absolute atomic E-state index is 13.1. The highest BCUT2D eigenvalue weighted by atomic mass is 16.2. The first-order valence-corrected chi connectivity index (χ1v) is 9.52. The maximum Gasteiger partial charge on any atom is 0.255 e. The molecule has 0 aliphatic carbocycles. The number of amides is 2. The molecule has 0 atom stereocenters. The molecule has 2 amide bonds. The smallest absolute Gasteiger partial charge is 0.255 e. The number of benzene rings is 1. The van der Waals surface area contributed by atoms with Crippen molar-refractivity contribution >= 4 is 11.8 Å². The van der Waals surface area contributed by atoms with Crippen molar-refractivity contribution in [1.29, 1.82) is 0 Å². The van der Waals surface area contributed by atoms with Gasteiger partial charge < -0.3 is 10.2 Å². The van der Waals surface area contributed by atoms with E-state index in [4.69, 9.17) is 0 Å². The molecule has 148 valence electrons. The molecule has 0 saturated heterocycles. The molecule has 0 fully saturated rings. The van der Waals surface area contributed by atoms with Crippen LogP contribution >= 0.6 is 0 Å². The van der Waals surface area contributed by atoms with E-state index in [0.717, 1.165) is 11.3 Å². The van der Waals surface area contributed by atoms with Crippen molar-refractivity contribution in [2.75, 3.05) is 0 Å². The van der Waals surface area contributed by atoms with E-state index in [1.54, 1.807) is 17.2 Å². The van der Waals surface area contributed by atoms with E-state index in [9.17, 15) is 9.59 Å². The average Bonchev–Trinajstić information content (AvgIpc) is 2.76. The van der Waals surface area contributed by atoms with Crippen LogP contribution in [0, 0.1) is 0 Å². The van der Waals surface area contributed by atoms with Crippen molar-refractivity contribution in [2.24, 2.45) is 0 Å². The molecule has 6 nitrogen and oxygen atoms in total. The number of hydrogen-bond acceptors (Lipinski definition) is 4. The van der Waals surface area contributed by atoms with E-state index >= 15 is 0 Å². The van der Waals surface area contributed by atoms with Crippen LogP contribution in [0.3, 0.4) is 0 Å². The molecule has 3 aromatic rings. The van der Waals surface area contributed by atoms with Crippen molar-refractivity contribution in [2.45, 2.75) is 33.0 Å². The molecule has 1 aromatic carbocycles. The lowest BCUT2D eigenvalue weighted by Gasteiger charge is -2.27. The topological polar surface area (TPSA) is 75.2 Å². The number of carbonyl (C=O) groups excluding carboxylic acids is 2. The van der Waals surface area contributed by atoms with Crippen molar-refractivity contribution in [3.05, 3.63) is 95.6 Å². The highest BCUT2D eigenvalue weighted by Crippen LogP contribution is 2.14. The Morgan fingerprint density at radius 3 is 2.41 bits per heavy atom. The van der Waals surface area contributed by atoms with E-state index in [-0.39, 0.29) is 17.9 Å². The summed E-state index contributed by atoms with van der Waals surface area (Å²) in [6, 6.07) is 16.9. The van der Waals surface area contributed by atoms with Gasteiger partial charge in [-0.2, -0.15) is 0 Å². The minimum absolute atomic E-state index is 0.00402. The van der Waals surface area contributed by atoms with Gasteiger partial charge >= 0.3 is 0 Å². The lowest BCUT2D eigenvalue weighted by molar-refractivity contribution is 0.0690. The van der Waals surface area contributed by atoms with Gasteiger partial charge in [0, 0.05) is 31.2 Å². The third-order valence-corrected chi connectivity index (χ3v) is 4.48. The van der Waals surface area contributed by atoms with Gasteiger partial charge in [0.05, 0.1) is 23.4 Å². The SMILES string of the molecule is CC(C)N(Cc1ccccc1)C(=O)c1cncc(C(=O)NCc2ccccn2)c1. The lowest BCUT2D eigenvalue weighted by Crippen LogP contribution is -2.36. The number of nitrogens with one attached hydrogen (secondary N) is 1. The zero-order valence-electron chi connectivity index (χ0n) is 16.6. The van der Waals surface area contributed by atoms with Crippen LogP contribution in [0.2, 0.25) is 0 Å². The fourth-order valence-electron chi connectivity index (χ4n) is 2.89. The second kappa shape index (κ2) is 9.59. The van der Waals surface area contributed by atoms with Crippen molar-refractivity contribution < 1.29 is 9.59 Å². The summed E-state index contributed by atoms with van der Waals surface area (Å²) in [6.45, 7) is 4.74. The summed E-state index contributed by atoms with van der Waals surface area (Å²) in [5.41, 5.74) is 2.54. The molecule has 0 aliphatic rings. The Kier molecular flexibility index (Phi) is 6.68. The predicted octanol–water partition coefficient (Wildman–Crippen LogP) is 3.46. The Labute approximate surface area is 170 Å². The van der Waals surface area contributed by atoms with Crippen molar-refractivity contribution in [3.63, 3.8) is 0 Å². The van der Waals surface area contributed by atoms with Gasteiger partial charge in [0.2, 0.25) is 0 Å². The second-order valence-corrected chi connectivity index (χ2v) is 6.98. The van der Waals surface area contributed by atoms with Crippen LogP contribution < -0.4 is 5.32 Å². The zero-order valence-corrected chi connectivity index (χ0v) is 16.6. The van der Waals surface area contributed by atoms with E-state index < -0.39 is 0 Å². The summed E-state index contributed by atoms with van der Waals surface area (Å²) in [5.74, 6) is -0.451. The zero-order chi connectivity index (χ0) is 20.6. The van der Waals surface area contributed by atoms with Gasteiger partial charge in [0.1, 0.15) is 0 Å². The molecule has 0 spiro atoms. The van der Waals surface area contributed by atoms with E-state index in [0.29, 0.717) is 24.2 Å². The Hall–Kier alpha value is -3.54. The van der Waals surface area contributed by atoms with Crippen LogP contribution in [0.4, 0.5) is 0 Å². The largest absolute Gasteiger partial charge is 0.346 e. The first-order chi connectivity index (χ1) is 14.0. The van der Waals surface area contributed by atoms with Crippen LogP contribution in [0.5, 0.6) is 0 Å². The number of rotatable bonds is 7. The van der Waals surface area contributed by atoms with Crippen LogP contribution in [0.15, 0.2) is 73.2 Å². The summed E-state index contributed by atoms with van der Waals surface area (Å²) < 4.78 is 0. The summed E-state index contributed by atoms with van der Waals surface area (Å²) in [5, 5.41) is 2.81. The number of nitrogens with zero attached hydrogens (tertiary/aromatic N) is 3.